The van der Waals surface area contributed by atoms with Gasteiger partial charge >= 0.3 is 0 Å². The molecule has 1 aliphatic rings. The Morgan fingerprint density at radius 1 is 1.27 bits per heavy atom. The zero-order chi connectivity index (χ0) is 23.5. The summed E-state index contributed by atoms with van der Waals surface area (Å²) in [6.45, 7) is 4.07. The highest BCUT2D eigenvalue weighted by atomic mass is 19.1. The van der Waals surface area contributed by atoms with Crippen molar-refractivity contribution in [2.24, 2.45) is 0 Å². The molecule has 11 heteroatoms. The van der Waals surface area contributed by atoms with Crippen LogP contribution in [0.15, 0.2) is 37.2 Å². The molecule has 0 bridgehead atoms. The summed E-state index contributed by atoms with van der Waals surface area (Å²) < 4.78 is 46.6. The molecule has 2 N–H and O–H groups in total. The summed E-state index contributed by atoms with van der Waals surface area (Å²) >= 11 is 0. The fraction of sp³-hybridized carbons (Fsp3) is 0.318. The van der Waals surface area contributed by atoms with Gasteiger partial charge in [-0.25, -0.2) is 18.7 Å². The van der Waals surface area contributed by atoms with Crippen molar-refractivity contribution in [3.8, 4) is 11.5 Å². The molecule has 9 nitrogen and oxygen atoms in total. The van der Waals surface area contributed by atoms with Crippen LogP contribution < -0.4 is 20.1 Å². The van der Waals surface area contributed by atoms with Crippen molar-refractivity contribution in [1.29, 1.82) is 0 Å². The van der Waals surface area contributed by atoms with Crippen molar-refractivity contribution in [1.82, 2.24) is 19.9 Å². The van der Waals surface area contributed by atoms with Crippen LogP contribution in [-0.4, -0.2) is 60.0 Å². The maximum atomic E-state index is 14.8. The van der Waals surface area contributed by atoms with Gasteiger partial charge in [-0.15, -0.1) is 0 Å². The van der Waals surface area contributed by atoms with Gasteiger partial charge in [0.25, 0.3) is 0 Å². The molecule has 3 aromatic rings. The molecule has 4 rings (SSSR count). The van der Waals surface area contributed by atoms with Gasteiger partial charge in [0, 0.05) is 12.3 Å². The second-order valence-corrected chi connectivity index (χ2v) is 7.40. The molecule has 0 saturated carbocycles. The number of aromatic nitrogens is 3. The Kier molecular flexibility index (Phi) is 6.40. The SMILES string of the molecule is C=CC(=O)NC1COCC1Nc1ncc2c(ccn2Cc2c(F)c(OC)cc(OC)c2F)n1. The first kappa shape index (κ1) is 22.5. The number of amides is 1. The van der Waals surface area contributed by atoms with Gasteiger partial charge in [0.15, 0.2) is 23.1 Å². The predicted molar refractivity (Wildman–Crippen MR) is 116 cm³/mol. The summed E-state index contributed by atoms with van der Waals surface area (Å²) in [6, 6.07) is 2.41. The predicted octanol–water partition coefficient (Wildman–Crippen LogP) is 2.26. The Balaban J connectivity index is 1.57. The monoisotopic (exact) mass is 459 g/mol. The van der Waals surface area contributed by atoms with Gasteiger partial charge in [-0.1, -0.05) is 6.58 Å². The summed E-state index contributed by atoms with van der Waals surface area (Å²) in [5, 5.41) is 5.96. The highest BCUT2D eigenvalue weighted by molar-refractivity contribution is 5.87. The van der Waals surface area contributed by atoms with E-state index < -0.39 is 11.6 Å². The molecule has 1 aliphatic heterocycles. The summed E-state index contributed by atoms with van der Waals surface area (Å²) in [6.07, 6.45) is 4.43. The Morgan fingerprint density at radius 3 is 2.64 bits per heavy atom. The van der Waals surface area contributed by atoms with E-state index in [1.54, 1.807) is 23.0 Å². The number of halogens is 2. The third-order valence-corrected chi connectivity index (χ3v) is 5.42. The number of hydrogen-bond donors (Lipinski definition) is 2. The van der Waals surface area contributed by atoms with Gasteiger partial charge in [-0.2, -0.15) is 0 Å². The number of nitrogens with zero attached hydrogens (tertiary/aromatic N) is 3. The van der Waals surface area contributed by atoms with Crippen LogP contribution in [0.4, 0.5) is 14.7 Å². The average molecular weight is 459 g/mol. The lowest BCUT2D eigenvalue weighted by Crippen LogP contribution is -2.45. The summed E-state index contributed by atoms with van der Waals surface area (Å²) in [4.78, 5) is 20.4. The number of anilines is 1. The van der Waals surface area contributed by atoms with E-state index in [2.05, 4.69) is 27.2 Å². The van der Waals surface area contributed by atoms with E-state index in [-0.39, 0.29) is 41.6 Å². The van der Waals surface area contributed by atoms with Crippen molar-refractivity contribution in [2.75, 3.05) is 32.8 Å². The number of carbonyl (C=O) groups is 1. The zero-order valence-corrected chi connectivity index (χ0v) is 18.1. The van der Waals surface area contributed by atoms with Crippen LogP contribution in [-0.2, 0) is 16.1 Å². The number of hydrogen-bond acceptors (Lipinski definition) is 7. The molecule has 3 heterocycles. The van der Waals surface area contributed by atoms with Crippen molar-refractivity contribution in [3.63, 3.8) is 0 Å². The molecule has 0 aliphatic carbocycles. The lowest BCUT2D eigenvalue weighted by molar-refractivity contribution is -0.117. The van der Waals surface area contributed by atoms with Gasteiger partial charge < -0.3 is 29.4 Å². The third-order valence-electron chi connectivity index (χ3n) is 5.42. The van der Waals surface area contributed by atoms with Crippen molar-refractivity contribution in [3.05, 3.63) is 54.4 Å². The van der Waals surface area contributed by atoms with E-state index in [4.69, 9.17) is 14.2 Å². The normalized spacial score (nSPS) is 17.7. The number of rotatable bonds is 8. The van der Waals surface area contributed by atoms with Crippen LogP contribution in [0.25, 0.3) is 11.0 Å². The van der Waals surface area contributed by atoms with Crippen molar-refractivity contribution < 1.29 is 27.8 Å². The van der Waals surface area contributed by atoms with Gasteiger partial charge in [-0.05, 0) is 12.1 Å². The quantitative estimate of drug-likeness (QED) is 0.499. The number of benzene rings is 1. The first-order chi connectivity index (χ1) is 15.9. The van der Waals surface area contributed by atoms with Gasteiger partial charge in [0.05, 0.1) is 68.9 Å². The molecule has 33 heavy (non-hydrogen) atoms. The molecule has 1 aromatic carbocycles. The molecule has 2 unspecified atom stereocenters. The molecule has 2 atom stereocenters. The fourth-order valence-corrected chi connectivity index (χ4v) is 3.67. The third kappa shape index (κ3) is 4.44. The molecule has 1 saturated heterocycles. The van der Waals surface area contributed by atoms with Gasteiger partial charge in [0.2, 0.25) is 11.9 Å². The van der Waals surface area contributed by atoms with E-state index in [0.717, 1.165) is 0 Å². The van der Waals surface area contributed by atoms with E-state index in [9.17, 15) is 13.6 Å². The second kappa shape index (κ2) is 9.41. The number of carbonyl (C=O) groups excluding carboxylic acids is 1. The molecule has 2 aromatic heterocycles. The topological polar surface area (TPSA) is 99.5 Å². The average Bonchev–Trinajstić information content (AvgIpc) is 3.43. The Morgan fingerprint density at radius 2 is 1.97 bits per heavy atom. The summed E-state index contributed by atoms with van der Waals surface area (Å²) in [5.41, 5.74) is 0.962. The molecule has 1 fully saturated rings. The first-order valence-corrected chi connectivity index (χ1v) is 10.1. The van der Waals surface area contributed by atoms with E-state index in [0.29, 0.717) is 30.2 Å². The van der Waals surface area contributed by atoms with E-state index in [1.807, 2.05) is 0 Å². The largest absolute Gasteiger partial charge is 0.494 e. The number of fused-ring (bicyclic) bond motifs is 1. The summed E-state index contributed by atoms with van der Waals surface area (Å²) in [7, 11) is 2.60. The maximum Gasteiger partial charge on any atom is 0.243 e. The van der Waals surface area contributed by atoms with Crippen LogP contribution in [0.2, 0.25) is 0 Å². The summed E-state index contributed by atoms with van der Waals surface area (Å²) in [5.74, 6) is -1.77. The lowest BCUT2D eigenvalue weighted by Gasteiger charge is -2.19. The second-order valence-electron chi connectivity index (χ2n) is 7.40. The molecule has 174 valence electrons. The smallest absolute Gasteiger partial charge is 0.243 e. The van der Waals surface area contributed by atoms with E-state index in [1.165, 1.54) is 26.4 Å². The molecular formula is C22H23F2N5O4. The van der Waals surface area contributed by atoms with Gasteiger partial charge in [0.1, 0.15) is 0 Å². The van der Waals surface area contributed by atoms with Crippen LogP contribution in [0.5, 0.6) is 11.5 Å². The molecular weight excluding hydrogens is 436 g/mol. The maximum absolute atomic E-state index is 14.8. The molecule has 1 amide bonds. The van der Waals surface area contributed by atoms with Crippen LogP contribution in [0.1, 0.15) is 5.56 Å². The van der Waals surface area contributed by atoms with Crippen molar-refractivity contribution >= 4 is 22.9 Å². The Labute approximate surface area is 188 Å². The van der Waals surface area contributed by atoms with Crippen molar-refractivity contribution in [2.45, 2.75) is 18.6 Å². The number of nitrogens with one attached hydrogen (secondary N) is 2. The lowest BCUT2D eigenvalue weighted by atomic mass is 10.1. The fourth-order valence-electron chi connectivity index (χ4n) is 3.67. The van der Waals surface area contributed by atoms with Crippen LogP contribution in [0, 0.1) is 11.6 Å². The molecule has 0 radical (unpaired) electrons. The van der Waals surface area contributed by atoms with Gasteiger partial charge in [-0.3, -0.25) is 4.79 Å². The first-order valence-electron chi connectivity index (χ1n) is 10.1. The Bertz CT molecular complexity index is 1170. The van der Waals surface area contributed by atoms with Crippen LogP contribution in [0.3, 0.4) is 0 Å². The Hall–Kier alpha value is -3.73. The van der Waals surface area contributed by atoms with E-state index >= 15 is 0 Å². The number of ether oxygens (including phenoxy) is 3. The standard InChI is InChI=1S/C22H23F2N5O4/c1-4-19(30)26-14-10-33-11-15(14)28-22-25-8-16-13(27-22)5-6-29(16)9-12-20(23)17(31-2)7-18(32-3)21(12)24/h4-8,14-15H,1,9-11H2,2-3H3,(H,26,30)(H,25,27,28). The molecule has 0 spiro atoms. The minimum atomic E-state index is -0.800. The number of methoxy groups -OCH3 is 2. The van der Waals surface area contributed by atoms with Crippen LogP contribution >= 0.6 is 0 Å². The minimum absolute atomic E-state index is 0.112. The minimum Gasteiger partial charge on any atom is -0.494 e. The zero-order valence-electron chi connectivity index (χ0n) is 18.1. The highest BCUT2D eigenvalue weighted by Crippen LogP contribution is 2.32. The highest BCUT2D eigenvalue weighted by Gasteiger charge is 2.30.